The Bertz CT molecular complexity index is 500. The van der Waals surface area contributed by atoms with Crippen LogP contribution in [0.1, 0.15) is 44.6 Å². The molecule has 1 saturated heterocycles. The van der Waals surface area contributed by atoms with Crippen LogP contribution in [0.2, 0.25) is 0 Å². The Labute approximate surface area is 139 Å². The van der Waals surface area contributed by atoms with Gasteiger partial charge in [0.25, 0.3) is 0 Å². The minimum Gasteiger partial charge on any atom is -0.491 e. The lowest BCUT2D eigenvalue weighted by Gasteiger charge is -2.36. The van der Waals surface area contributed by atoms with Gasteiger partial charge in [-0.1, -0.05) is 19.1 Å². The molecule has 0 aliphatic carbocycles. The molecule has 1 fully saturated rings. The molecule has 1 heterocycles. The van der Waals surface area contributed by atoms with Crippen LogP contribution in [0.5, 0.6) is 5.75 Å². The monoisotopic (exact) mass is 320 g/mol. The second-order valence-corrected chi connectivity index (χ2v) is 6.13. The Hall–Kier alpha value is -1.39. The lowest BCUT2D eigenvalue weighted by molar-refractivity contribution is -0.132. The Morgan fingerprint density at radius 2 is 2.17 bits per heavy atom. The minimum absolute atomic E-state index is 0.0223. The zero-order chi connectivity index (χ0) is 16.7. The molecule has 1 aromatic carbocycles. The number of carbonyl (C=O) groups is 1. The molecule has 0 amide bonds. The summed E-state index contributed by atoms with van der Waals surface area (Å²) in [5.41, 5.74) is 1.17. The summed E-state index contributed by atoms with van der Waals surface area (Å²) in [5, 5.41) is 0. The van der Waals surface area contributed by atoms with Crippen LogP contribution in [0.15, 0.2) is 24.3 Å². The van der Waals surface area contributed by atoms with E-state index in [0.717, 1.165) is 18.6 Å². The van der Waals surface area contributed by atoms with Gasteiger partial charge in [-0.3, -0.25) is 4.79 Å². The third-order valence-corrected chi connectivity index (χ3v) is 4.46. The minimum atomic E-state index is -0.0575. The largest absolute Gasteiger partial charge is 0.491 e. The van der Waals surface area contributed by atoms with Gasteiger partial charge < -0.3 is 14.2 Å². The molecular formula is C19H28O4. The van der Waals surface area contributed by atoms with E-state index in [1.807, 2.05) is 26.0 Å². The van der Waals surface area contributed by atoms with Crippen molar-refractivity contribution in [1.29, 1.82) is 0 Å². The van der Waals surface area contributed by atoms with Gasteiger partial charge in [-0.2, -0.15) is 0 Å². The van der Waals surface area contributed by atoms with Crippen molar-refractivity contribution in [2.24, 2.45) is 5.92 Å². The zero-order valence-electron chi connectivity index (χ0n) is 14.4. The fraction of sp³-hybridized carbons (Fsp3) is 0.632. The SMILES string of the molecule is CCCC(=O)[C@@H]1[C@H](C)OCC[C@@H]1c1cccc(OCCOC)c1. The van der Waals surface area contributed by atoms with Crippen LogP contribution in [-0.2, 0) is 14.3 Å². The van der Waals surface area contributed by atoms with E-state index < -0.39 is 0 Å². The highest BCUT2D eigenvalue weighted by atomic mass is 16.5. The molecule has 1 aliphatic rings. The molecule has 0 bridgehead atoms. The van der Waals surface area contributed by atoms with Gasteiger partial charge in [-0.25, -0.2) is 0 Å². The summed E-state index contributed by atoms with van der Waals surface area (Å²) in [4.78, 5) is 12.6. The molecule has 23 heavy (non-hydrogen) atoms. The number of ketones is 1. The van der Waals surface area contributed by atoms with E-state index in [0.29, 0.717) is 32.0 Å². The van der Waals surface area contributed by atoms with Crippen LogP contribution < -0.4 is 4.74 Å². The first-order chi connectivity index (χ1) is 11.2. The average Bonchev–Trinajstić information content (AvgIpc) is 2.55. The number of ether oxygens (including phenoxy) is 3. The van der Waals surface area contributed by atoms with Crippen LogP contribution in [0.4, 0.5) is 0 Å². The summed E-state index contributed by atoms with van der Waals surface area (Å²) in [7, 11) is 1.66. The summed E-state index contributed by atoms with van der Waals surface area (Å²) in [6.07, 6.45) is 2.37. The Balaban J connectivity index is 2.16. The van der Waals surface area contributed by atoms with Crippen molar-refractivity contribution in [2.75, 3.05) is 26.9 Å². The van der Waals surface area contributed by atoms with Crippen LogP contribution in [-0.4, -0.2) is 38.8 Å². The predicted molar refractivity (Wildman–Crippen MR) is 90.0 cm³/mol. The number of hydrogen-bond acceptors (Lipinski definition) is 4. The van der Waals surface area contributed by atoms with Crippen molar-refractivity contribution in [2.45, 2.75) is 45.1 Å². The van der Waals surface area contributed by atoms with Gasteiger partial charge in [0, 0.05) is 20.1 Å². The molecule has 4 nitrogen and oxygen atoms in total. The third kappa shape index (κ3) is 4.79. The number of rotatable bonds is 8. The van der Waals surface area contributed by atoms with E-state index in [9.17, 15) is 4.79 Å². The molecule has 128 valence electrons. The Morgan fingerprint density at radius 3 is 2.91 bits per heavy atom. The second-order valence-electron chi connectivity index (χ2n) is 6.13. The Morgan fingerprint density at radius 1 is 1.35 bits per heavy atom. The van der Waals surface area contributed by atoms with E-state index in [-0.39, 0.29) is 17.9 Å². The molecule has 0 radical (unpaired) electrons. The molecule has 2 rings (SSSR count). The van der Waals surface area contributed by atoms with Gasteiger partial charge in [0.05, 0.1) is 18.6 Å². The van der Waals surface area contributed by atoms with Gasteiger partial charge in [-0.15, -0.1) is 0 Å². The molecule has 1 aromatic rings. The van der Waals surface area contributed by atoms with Crippen molar-refractivity contribution in [3.63, 3.8) is 0 Å². The zero-order valence-corrected chi connectivity index (χ0v) is 14.4. The Kier molecular flexibility index (Phi) is 7.06. The lowest BCUT2D eigenvalue weighted by atomic mass is 9.76. The summed E-state index contributed by atoms with van der Waals surface area (Å²) in [5.74, 6) is 1.30. The van der Waals surface area contributed by atoms with Crippen molar-refractivity contribution < 1.29 is 19.0 Å². The number of benzene rings is 1. The highest BCUT2D eigenvalue weighted by Gasteiger charge is 2.37. The predicted octanol–water partition coefficient (Wildman–Crippen LogP) is 3.59. The van der Waals surface area contributed by atoms with Gasteiger partial charge in [-0.05, 0) is 43.4 Å². The standard InChI is InChI=1S/C19H28O4/c1-4-6-18(20)19-14(2)22-10-9-17(19)15-7-5-8-16(13-15)23-12-11-21-3/h5,7-8,13-14,17,19H,4,6,9-12H2,1-3H3/t14-,17+,19+/m0/s1. The van der Waals surface area contributed by atoms with Crippen LogP contribution >= 0.6 is 0 Å². The molecule has 0 saturated carbocycles. The molecule has 4 heteroatoms. The van der Waals surface area contributed by atoms with Gasteiger partial charge in [0.2, 0.25) is 0 Å². The van der Waals surface area contributed by atoms with E-state index in [1.54, 1.807) is 7.11 Å². The first-order valence-corrected chi connectivity index (χ1v) is 8.53. The second kappa shape index (κ2) is 9.04. The maximum absolute atomic E-state index is 12.6. The number of methoxy groups -OCH3 is 1. The molecule has 0 unspecified atom stereocenters. The van der Waals surface area contributed by atoms with Crippen molar-refractivity contribution in [1.82, 2.24) is 0 Å². The van der Waals surface area contributed by atoms with Gasteiger partial charge >= 0.3 is 0 Å². The quantitative estimate of drug-likeness (QED) is 0.687. The smallest absolute Gasteiger partial charge is 0.139 e. The van der Waals surface area contributed by atoms with Crippen molar-refractivity contribution >= 4 is 5.78 Å². The van der Waals surface area contributed by atoms with Crippen LogP contribution in [0.25, 0.3) is 0 Å². The normalized spacial score (nSPS) is 24.4. The number of hydrogen-bond donors (Lipinski definition) is 0. The molecule has 0 aromatic heterocycles. The fourth-order valence-corrected chi connectivity index (χ4v) is 3.34. The summed E-state index contributed by atoms with van der Waals surface area (Å²) in [6, 6.07) is 8.10. The third-order valence-electron chi connectivity index (χ3n) is 4.46. The van der Waals surface area contributed by atoms with Crippen molar-refractivity contribution in [3.8, 4) is 5.75 Å². The molecular weight excluding hydrogens is 292 g/mol. The van der Waals surface area contributed by atoms with E-state index in [1.165, 1.54) is 5.56 Å². The highest BCUT2D eigenvalue weighted by molar-refractivity contribution is 5.82. The number of carbonyl (C=O) groups excluding carboxylic acids is 1. The average molecular weight is 320 g/mol. The molecule has 1 aliphatic heterocycles. The number of Topliss-reactive ketones (excluding diaryl/α,β-unsaturated/α-hetero) is 1. The summed E-state index contributed by atoms with van der Waals surface area (Å²) >= 11 is 0. The van der Waals surface area contributed by atoms with E-state index >= 15 is 0 Å². The summed E-state index contributed by atoms with van der Waals surface area (Å²) in [6.45, 7) is 5.86. The van der Waals surface area contributed by atoms with Crippen molar-refractivity contribution in [3.05, 3.63) is 29.8 Å². The van der Waals surface area contributed by atoms with E-state index in [2.05, 4.69) is 12.1 Å². The summed E-state index contributed by atoms with van der Waals surface area (Å²) < 4.78 is 16.5. The highest BCUT2D eigenvalue weighted by Crippen LogP contribution is 2.38. The molecule has 0 N–H and O–H groups in total. The maximum atomic E-state index is 12.6. The molecule has 0 spiro atoms. The first-order valence-electron chi connectivity index (χ1n) is 8.53. The lowest BCUT2D eigenvalue weighted by Crippen LogP contribution is -2.38. The van der Waals surface area contributed by atoms with E-state index in [4.69, 9.17) is 14.2 Å². The fourth-order valence-electron chi connectivity index (χ4n) is 3.34. The van der Waals surface area contributed by atoms with Crippen LogP contribution in [0, 0.1) is 5.92 Å². The maximum Gasteiger partial charge on any atom is 0.139 e. The van der Waals surface area contributed by atoms with Crippen LogP contribution in [0.3, 0.4) is 0 Å². The van der Waals surface area contributed by atoms with Gasteiger partial charge in [0.1, 0.15) is 18.1 Å². The molecule has 3 atom stereocenters. The topological polar surface area (TPSA) is 44.8 Å². The first kappa shape index (κ1) is 18.0. The van der Waals surface area contributed by atoms with Gasteiger partial charge in [0.15, 0.2) is 0 Å².